The van der Waals surface area contributed by atoms with E-state index < -0.39 is 0 Å². The minimum atomic E-state index is -0.00655. The van der Waals surface area contributed by atoms with Gasteiger partial charge in [0.1, 0.15) is 0 Å². The van der Waals surface area contributed by atoms with Crippen LogP contribution >= 0.6 is 34.5 Å². The molecule has 0 N–H and O–H groups in total. The quantitative estimate of drug-likeness (QED) is 0.796. The number of nitrogens with zero attached hydrogens (tertiary/aromatic N) is 3. The second kappa shape index (κ2) is 5.24. The molecule has 0 aliphatic carbocycles. The van der Waals surface area contributed by atoms with Crippen molar-refractivity contribution in [1.82, 2.24) is 9.58 Å². The zero-order chi connectivity index (χ0) is 14.3. The monoisotopic (exact) mass is 327 g/mol. The van der Waals surface area contributed by atoms with Crippen LogP contribution in [-0.2, 0) is 6.54 Å². The molecule has 1 aromatic heterocycles. The van der Waals surface area contributed by atoms with Crippen molar-refractivity contribution in [3.63, 3.8) is 0 Å². The van der Waals surface area contributed by atoms with Gasteiger partial charge in [-0.25, -0.2) is 0 Å². The van der Waals surface area contributed by atoms with Gasteiger partial charge in [-0.1, -0.05) is 40.6 Å². The van der Waals surface area contributed by atoms with Crippen molar-refractivity contribution < 1.29 is 0 Å². The Balaban J connectivity index is 2.16. The number of thiazole rings is 1. The van der Waals surface area contributed by atoms with Gasteiger partial charge in [-0.15, -0.1) is 5.10 Å². The summed E-state index contributed by atoms with van der Waals surface area (Å²) in [5, 5.41) is 7.17. The predicted molar refractivity (Wildman–Crippen MR) is 82.0 cm³/mol. The molecule has 0 unspecified atom stereocenters. The maximum Gasteiger partial charge on any atom is 0.270 e. The van der Waals surface area contributed by atoms with Crippen LogP contribution in [0.3, 0.4) is 0 Å². The molecule has 2 aromatic rings. The average Bonchev–Trinajstić information content (AvgIpc) is 2.70. The van der Waals surface area contributed by atoms with Crippen LogP contribution in [0.1, 0.15) is 5.56 Å². The van der Waals surface area contributed by atoms with E-state index in [1.807, 2.05) is 24.2 Å². The fraction of sp³-hybridized carbons (Fsp3) is 0.231. The van der Waals surface area contributed by atoms with Gasteiger partial charge in [-0.05, 0) is 23.8 Å². The van der Waals surface area contributed by atoms with Crippen molar-refractivity contribution in [3.8, 4) is 0 Å². The summed E-state index contributed by atoms with van der Waals surface area (Å²) >= 11 is 13.2. The summed E-state index contributed by atoms with van der Waals surface area (Å²) in [4.78, 5) is 13.0. The standard InChI is InChI=1S/C13H11Cl2N3OS/c1-17-4-5-18-12(19)11(20-13(18)16-17)7-8-2-3-9(14)10(15)6-8/h2-3,6-7H,4-5H2,1H3/b11-7-. The van der Waals surface area contributed by atoms with Gasteiger partial charge in [0.25, 0.3) is 5.56 Å². The Morgan fingerprint density at radius 1 is 1.30 bits per heavy atom. The van der Waals surface area contributed by atoms with Gasteiger partial charge in [0.05, 0.1) is 21.1 Å². The Kier molecular flexibility index (Phi) is 3.58. The maximum absolute atomic E-state index is 12.3. The van der Waals surface area contributed by atoms with E-state index in [1.54, 1.807) is 16.7 Å². The minimum Gasteiger partial charge on any atom is -0.295 e. The molecule has 0 bridgehead atoms. The van der Waals surface area contributed by atoms with E-state index in [0.29, 0.717) is 21.1 Å². The molecule has 0 amide bonds. The summed E-state index contributed by atoms with van der Waals surface area (Å²) in [7, 11) is 1.90. The molecule has 1 aliphatic rings. The van der Waals surface area contributed by atoms with Crippen molar-refractivity contribution in [2.75, 3.05) is 13.6 Å². The predicted octanol–water partition coefficient (Wildman–Crippen LogP) is 1.53. The summed E-state index contributed by atoms with van der Waals surface area (Å²) in [5.41, 5.74) is 0.844. The first kappa shape index (κ1) is 13.7. The van der Waals surface area contributed by atoms with Crippen LogP contribution in [-0.4, -0.2) is 23.2 Å². The SMILES string of the molecule is CN1CCn2c(s/c(=C\c3ccc(Cl)c(Cl)c3)c2=O)=N1. The number of aromatic nitrogens is 1. The van der Waals surface area contributed by atoms with Gasteiger partial charge in [-0.2, -0.15) is 0 Å². The lowest BCUT2D eigenvalue weighted by Gasteiger charge is -2.16. The van der Waals surface area contributed by atoms with Crippen molar-refractivity contribution in [2.24, 2.45) is 5.10 Å². The van der Waals surface area contributed by atoms with Gasteiger partial charge < -0.3 is 0 Å². The molecule has 0 saturated heterocycles. The lowest BCUT2D eigenvalue weighted by atomic mass is 10.2. The van der Waals surface area contributed by atoms with E-state index >= 15 is 0 Å². The van der Waals surface area contributed by atoms with Crippen LogP contribution in [0.15, 0.2) is 28.1 Å². The molecular weight excluding hydrogens is 317 g/mol. The van der Waals surface area contributed by atoms with Crippen molar-refractivity contribution in [1.29, 1.82) is 0 Å². The van der Waals surface area contributed by atoms with E-state index in [2.05, 4.69) is 5.10 Å². The maximum atomic E-state index is 12.3. The number of fused-ring (bicyclic) bond motifs is 1. The van der Waals surface area contributed by atoms with E-state index in [9.17, 15) is 4.79 Å². The molecule has 20 heavy (non-hydrogen) atoms. The molecule has 0 saturated carbocycles. The zero-order valence-corrected chi connectivity index (χ0v) is 13.0. The normalized spacial score (nSPS) is 15.2. The number of hydrogen-bond acceptors (Lipinski definition) is 4. The van der Waals surface area contributed by atoms with Gasteiger partial charge in [0.2, 0.25) is 4.80 Å². The van der Waals surface area contributed by atoms with Crippen molar-refractivity contribution in [2.45, 2.75) is 6.54 Å². The average molecular weight is 328 g/mol. The molecule has 0 radical (unpaired) electrons. The van der Waals surface area contributed by atoms with Crippen molar-refractivity contribution >= 4 is 40.6 Å². The van der Waals surface area contributed by atoms with Crippen LogP contribution in [0.25, 0.3) is 6.08 Å². The van der Waals surface area contributed by atoms with E-state index in [1.165, 1.54) is 11.3 Å². The second-order valence-corrected chi connectivity index (χ2v) is 6.33. The fourth-order valence-corrected chi connectivity index (χ4v) is 3.33. The largest absolute Gasteiger partial charge is 0.295 e. The third-order valence-electron chi connectivity index (χ3n) is 3.03. The highest BCUT2D eigenvalue weighted by Crippen LogP contribution is 2.22. The third-order valence-corrected chi connectivity index (χ3v) is 4.77. The van der Waals surface area contributed by atoms with E-state index in [0.717, 1.165) is 16.9 Å². The Labute approximate surface area is 129 Å². The first-order valence-corrected chi connectivity index (χ1v) is 7.58. The first-order valence-electron chi connectivity index (χ1n) is 6.01. The Bertz CT molecular complexity index is 840. The summed E-state index contributed by atoms with van der Waals surface area (Å²) in [5.74, 6) is 0. The second-order valence-electron chi connectivity index (χ2n) is 4.50. The summed E-state index contributed by atoms with van der Waals surface area (Å²) in [6.45, 7) is 1.41. The van der Waals surface area contributed by atoms with Crippen LogP contribution in [0.4, 0.5) is 0 Å². The summed E-state index contributed by atoms with van der Waals surface area (Å²) < 4.78 is 2.35. The Morgan fingerprint density at radius 3 is 2.85 bits per heavy atom. The topological polar surface area (TPSA) is 37.6 Å². The first-order chi connectivity index (χ1) is 9.54. The minimum absolute atomic E-state index is 0.00655. The Hall–Kier alpha value is -1.30. The molecule has 0 fully saturated rings. The summed E-state index contributed by atoms with van der Waals surface area (Å²) in [6, 6.07) is 5.30. The summed E-state index contributed by atoms with van der Waals surface area (Å²) in [6.07, 6.45) is 1.82. The molecule has 1 aromatic carbocycles. The molecule has 0 spiro atoms. The van der Waals surface area contributed by atoms with Crippen LogP contribution in [0.5, 0.6) is 0 Å². The molecule has 7 heteroatoms. The zero-order valence-electron chi connectivity index (χ0n) is 10.6. The highest BCUT2D eigenvalue weighted by Gasteiger charge is 2.11. The van der Waals surface area contributed by atoms with Crippen LogP contribution in [0.2, 0.25) is 10.0 Å². The third kappa shape index (κ3) is 2.49. The highest BCUT2D eigenvalue weighted by atomic mass is 35.5. The molecule has 104 valence electrons. The highest BCUT2D eigenvalue weighted by molar-refractivity contribution is 7.07. The number of rotatable bonds is 1. The number of hydrogen-bond donors (Lipinski definition) is 0. The number of benzene rings is 1. The lowest BCUT2D eigenvalue weighted by Crippen LogP contribution is -2.39. The van der Waals surface area contributed by atoms with Gasteiger partial charge >= 0.3 is 0 Å². The van der Waals surface area contributed by atoms with Crippen LogP contribution < -0.4 is 14.9 Å². The molecule has 0 atom stereocenters. The van der Waals surface area contributed by atoms with Gasteiger partial charge in [0, 0.05) is 13.6 Å². The molecular formula is C13H11Cl2N3OS. The number of halogens is 2. The molecule has 3 rings (SSSR count). The van der Waals surface area contributed by atoms with Crippen LogP contribution in [0, 0.1) is 0 Å². The van der Waals surface area contributed by atoms with Gasteiger partial charge in [0.15, 0.2) is 0 Å². The van der Waals surface area contributed by atoms with E-state index in [4.69, 9.17) is 23.2 Å². The fourth-order valence-electron chi connectivity index (χ4n) is 1.97. The van der Waals surface area contributed by atoms with Crippen molar-refractivity contribution in [3.05, 3.63) is 53.5 Å². The smallest absolute Gasteiger partial charge is 0.270 e. The number of likely N-dealkylation sites (N-methyl/N-ethyl adjacent to an activating group) is 1. The molecule has 2 heterocycles. The van der Waals surface area contributed by atoms with Gasteiger partial charge in [-0.3, -0.25) is 14.4 Å². The molecule has 4 nitrogen and oxygen atoms in total. The lowest BCUT2D eigenvalue weighted by molar-refractivity contribution is 0.290. The Morgan fingerprint density at radius 2 is 2.10 bits per heavy atom. The molecule has 1 aliphatic heterocycles. The van der Waals surface area contributed by atoms with E-state index in [-0.39, 0.29) is 5.56 Å².